The lowest BCUT2D eigenvalue weighted by atomic mass is 10.1. The summed E-state index contributed by atoms with van der Waals surface area (Å²) in [6.45, 7) is -0.210. The zero-order valence-corrected chi connectivity index (χ0v) is 18.6. The van der Waals surface area contributed by atoms with Crippen LogP contribution < -0.4 is 10.6 Å². The quantitative estimate of drug-likeness (QED) is 0.253. The Hall–Kier alpha value is -1.22. The van der Waals surface area contributed by atoms with E-state index in [4.69, 9.17) is 0 Å². The number of nitrogens with one attached hydrogen (secondary N) is 2. The summed E-state index contributed by atoms with van der Waals surface area (Å²) in [4.78, 5) is 3.99. The summed E-state index contributed by atoms with van der Waals surface area (Å²) >= 11 is 0. The summed E-state index contributed by atoms with van der Waals surface area (Å²) in [5.41, 5.74) is -4.98. The topological polar surface area (TPSA) is 73.8 Å². The highest BCUT2D eigenvalue weighted by molar-refractivity contribution is 14.0. The van der Waals surface area contributed by atoms with Gasteiger partial charge in [0.15, 0.2) is 5.96 Å². The SMILES string of the molecule is CN=C(NCCc1ccc(F)cc1F)NC1CCN(S(=O)(=O)C(F)(F)F)CC1.I. The van der Waals surface area contributed by atoms with E-state index >= 15 is 0 Å². The highest BCUT2D eigenvalue weighted by atomic mass is 127. The molecule has 13 heteroatoms. The molecule has 1 fully saturated rings. The van der Waals surface area contributed by atoms with Gasteiger partial charge in [-0.2, -0.15) is 17.5 Å². The van der Waals surface area contributed by atoms with Gasteiger partial charge in [-0.05, 0) is 30.9 Å². The van der Waals surface area contributed by atoms with E-state index in [1.807, 2.05) is 0 Å². The van der Waals surface area contributed by atoms with Crippen molar-refractivity contribution in [2.45, 2.75) is 30.8 Å². The third-order valence-corrected chi connectivity index (χ3v) is 5.98. The molecule has 2 N–H and O–H groups in total. The van der Waals surface area contributed by atoms with Crippen LogP contribution in [-0.2, 0) is 16.4 Å². The normalized spacial score (nSPS) is 17.0. The highest BCUT2D eigenvalue weighted by Crippen LogP contribution is 2.28. The minimum Gasteiger partial charge on any atom is -0.356 e. The molecule has 1 saturated heterocycles. The Morgan fingerprint density at radius 3 is 2.38 bits per heavy atom. The molecular formula is C16H22F5IN4O2S. The zero-order chi connectivity index (χ0) is 20.9. The summed E-state index contributed by atoms with van der Waals surface area (Å²) in [5.74, 6) is -0.951. The van der Waals surface area contributed by atoms with Gasteiger partial charge in [0, 0.05) is 38.8 Å². The molecule has 0 amide bonds. The Bertz CT molecular complexity index is 812. The number of benzene rings is 1. The van der Waals surface area contributed by atoms with E-state index in [0.29, 0.717) is 22.4 Å². The van der Waals surface area contributed by atoms with Gasteiger partial charge in [0.25, 0.3) is 0 Å². The Kier molecular flexibility index (Phi) is 9.53. The summed E-state index contributed by atoms with van der Waals surface area (Å²) in [5, 5.41) is 5.95. The molecule has 2 rings (SSSR count). The first-order valence-electron chi connectivity index (χ1n) is 8.52. The van der Waals surface area contributed by atoms with Gasteiger partial charge in [-0.1, -0.05) is 6.07 Å². The smallest absolute Gasteiger partial charge is 0.356 e. The van der Waals surface area contributed by atoms with Crippen LogP contribution in [0, 0.1) is 11.6 Å². The van der Waals surface area contributed by atoms with E-state index < -0.39 is 27.2 Å². The number of guanidine groups is 1. The van der Waals surface area contributed by atoms with Crippen LogP contribution in [0.15, 0.2) is 23.2 Å². The van der Waals surface area contributed by atoms with Gasteiger partial charge in [0.1, 0.15) is 11.6 Å². The first-order valence-corrected chi connectivity index (χ1v) is 9.96. The minimum absolute atomic E-state index is 0. The third-order valence-electron chi connectivity index (χ3n) is 4.35. The van der Waals surface area contributed by atoms with Crippen molar-refractivity contribution in [3.05, 3.63) is 35.4 Å². The van der Waals surface area contributed by atoms with Gasteiger partial charge in [-0.25, -0.2) is 17.2 Å². The summed E-state index contributed by atoms with van der Waals surface area (Å²) < 4.78 is 87.5. The Balaban J connectivity index is 0.00000420. The number of sulfonamides is 1. The molecule has 0 unspecified atom stereocenters. The standard InChI is InChI=1S/C16H21F5N4O2S.HI/c1-22-15(23-7-4-11-2-3-12(17)10-14(11)18)24-13-5-8-25(9-6-13)28(26,27)16(19,20)21;/h2-3,10,13H,4-9H2,1H3,(H2,22,23,24);1H. The average molecular weight is 556 g/mol. The van der Waals surface area contributed by atoms with E-state index in [9.17, 15) is 30.4 Å². The molecule has 0 atom stereocenters. The molecule has 0 aromatic heterocycles. The van der Waals surface area contributed by atoms with Crippen molar-refractivity contribution in [2.24, 2.45) is 4.99 Å². The lowest BCUT2D eigenvalue weighted by Gasteiger charge is -2.32. The van der Waals surface area contributed by atoms with Crippen LogP contribution in [0.25, 0.3) is 0 Å². The molecule has 1 aromatic carbocycles. The number of halogens is 6. The van der Waals surface area contributed by atoms with Gasteiger partial charge >= 0.3 is 15.5 Å². The number of alkyl halides is 3. The Labute approximate surface area is 183 Å². The van der Waals surface area contributed by atoms with E-state index in [2.05, 4.69) is 15.6 Å². The molecule has 0 radical (unpaired) electrons. The lowest BCUT2D eigenvalue weighted by Crippen LogP contribution is -2.51. The fourth-order valence-corrected chi connectivity index (χ4v) is 3.80. The van der Waals surface area contributed by atoms with E-state index in [1.165, 1.54) is 13.1 Å². The summed E-state index contributed by atoms with van der Waals surface area (Å²) in [6.07, 6.45) is 0.639. The predicted octanol–water partition coefficient (Wildman–Crippen LogP) is 2.60. The molecule has 0 saturated carbocycles. The molecule has 1 aromatic rings. The van der Waals surface area contributed by atoms with Gasteiger partial charge in [0.2, 0.25) is 0 Å². The van der Waals surface area contributed by atoms with Crippen LogP contribution in [0.5, 0.6) is 0 Å². The monoisotopic (exact) mass is 556 g/mol. The lowest BCUT2D eigenvalue weighted by molar-refractivity contribution is -0.0494. The number of nitrogens with zero attached hydrogens (tertiary/aromatic N) is 2. The maximum Gasteiger partial charge on any atom is 0.511 e. The molecular weight excluding hydrogens is 534 g/mol. The second kappa shape index (κ2) is 10.7. The summed E-state index contributed by atoms with van der Waals surface area (Å²) in [6, 6.07) is 3.05. The second-order valence-corrected chi connectivity index (χ2v) is 8.18. The minimum atomic E-state index is -5.31. The number of rotatable bonds is 5. The van der Waals surface area contributed by atoms with Crippen molar-refractivity contribution < 1.29 is 30.4 Å². The molecule has 0 bridgehead atoms. The van der Waals surface area contributed by atoms with Crippen molar-refractivity contribution in [3.8, 4) is 0 Å². The first kappa shape index (κ1) is 25.8. The highest BCUT2D eigenvalue weighted by Gasteiger charge is 2.50. The Morgan fingerprint density at radius 1 is 1.24 bits per heavy atom. The van der Waals surface area contributed by atoms with Crippen molar-refractivity contribution in [3.63, 3.8) is 0 Å². The van der Waals surface area contributed by atoms with Gasteiger partial charge in [0.05, 0.1) is 0 Å². The Morgan fingerprint density at radius 2 is 1.86 bits per heavy atom. The molecule has 1 heterocycles. The van der Waals surface area contributed by atoms with Crippen LogP contribution in [0.2, 0.25) is 0 Å². The summed E-state index contributed by atoms with van der Waals surface area (Å²) in [7, 11) is -3.81. The third kappa shape index (κ3) is 6.91. The van der Waals surface area contributed by atoms with Gasteiger partial charge < -0.3 is 10.6 Å². The average Bonchev–Trinajstić information content (AvgIpc) is 2.62. The van der Waals surface area contributed by atoms with E-state index in [-0.39, 0.29) is 62.4 Å². The largest absolute Gasteiger partial charge is 0.511 e. The van der Waals surface area contributed by atoms with Crippen LogP contribution >= 0.6 is 24.0 Å². The van der Waals surface area contributed by atoms with E-state index in [1.54, 1.807) is 0 Å². The van der Waals surface area contributed by atoms with Gasteiger partial charge in [-0.3, -0.25) is 4.99 Å². The molecule has 29 heavy (non-hydrogen) atoms. The first-order chi connectivity index (χ1) is 13.0. The predicted molar refractivity (Wildman–Crippen MR) is 110 cm³/mol. The molecule has 6 nitrogen and oxygen atoms in total. The number of hydrogen-bond donors (Lipinski definition) is 2. The fourth-order valence-electron chi connectivity index (χ4n) is 2.81. The number of piperidine rings is 1. The zero-order valence-electron chi connectivity index (χ0n) is 15.5. The van der Waals surface area contributed by atoms with Crippen molar-refractivity contribution in [2.75, 3.05) is 26.7 Å². The van der Waals surface area contributed by atoms with Crippen LogP contribution in [0.1, 0.15) is 18.4 Å². The number of hydrogen-bond acceptors (Lipinski definition) is 3. The van der Waals surface area contributed by atoms with Gasteiger partial charge in [-0.15, -0.1) is 24.0 Å². The molecule has 0 spiro atoms. The van der Waals surface area contributed by atoms with Crippen molar-refractivity contribution in [1.82, 2.24) is 14.9 Å². The second-order valence-electron chi connectivity index (χ2n) is 6.25. The van der Waals surface area contributed by atoms with Crippen LogP contribution in [0.3, 0.4) is 0 Å². The molecule has 0 aliphatic carbocycles. The molecule has 1 aliphatic rings. The fraction of sp³-hybridized carbons (Fsp3) is 0.562. The van der Waals surface area contributed by atoms with Crippen molar-refractivity contribution in [1.29, 1.82) is 0 Å². The van der Waals surface area contributed by atoms with Crippen LogP contribution in [0.4, 0.5) is 22.0 Å². The van der Waals surface area contributed by atoms with Crippen molar-refractivity contribution >= 4 is 40.0 Å². The van der Waals surface area contributed by atoms with Crippen LogP contribution in [-0.4, -0.2) is 56.9 Å². The maximum absolute atomic E-state index is 13.6. The molecule has 166 valence electrons. The van der Waals surface area contributed by atoms with E-state index in [0.717, 1.165) is 12.1 Å². The number of aliphatic imine (C=N–C) groups is 1. The maximum atomic E-state index is 13.6. The molecule has 1 aliphatic heterocycles.